The molecule has 1 atom stereocenters. The average Bonchev–Trinajstić information content (AvgIpc) is 2.36. The molecule has 0 amide bonds. The SMILES string of the molecule is CCC(Nc1nc(N)nc(Cl)n1)C1CCCCC1. The topological polar surface area (TPSA) is 76.7 Å². The van der Waals surface area contributed by atoms with Crippen LogP contribution in [0.5, 0.6) is 0 Å². The molecule has 0 saturated heterocycles. The van der Waals surface area contributed by atoms with Crippen LogP contribution in [0.4, 0.5) is 11.9 Å². The number of nitrogens with one attached hydrogen (secondary N) is 1. The predicted molar refractivity (Wildman–Crippen MR) is 73.5 cm³/mol. The van der Waals surface area contributed by atoms with Gasteiger partial charge in [0.25, 0.3) is 0 Å². The van der Waals surface area contributed by atoms with Gasteiger partial charge in [-0.2, -0.15) is 15.0 Å². The average molecular weight is 270 g/mol. The van der Waals surface area contributed by atoms with Gasteiger partial charge in [-0.05, 0) is 36.8 Å². The van der Waals surface area contributed by atoms with Gasteiger partial charge in [-0.3, -0.25) is 0 Å². The fourth-order valence-electron chi connectivity index (χ4n) is 2.69. The summed E-state index contributed by atoms with van der Waals surface area (Å²) < 4.78 is 0. The fourth-order valence-corrected chi connectivity index (χ4v) is 2.85. The van der Waals surface area contributed by atoms with E-state index in [1.807, 2.05) is 0 Å². The molecular weight excluding hydrogens is 250 g/mol. The van der Waals surface area contributed by atoms with Gasteiger partial charge in [0.2, 0.25) is 17.2 Å². The summed E-state index contributed by atoms with van der Waals surface area (Å²) in [7, 11) is 0. The van der Waals surface area contributed by atoms with Crippen LogP contribution in [0.15, 0.2) is 0 Å². The van der Waals surface area contributed by atoms with Crippen LogP contribution < -0.4 is 11.1 Å². The molecule has 0 aliphatic heterocycles. The van der Waals surface area contributed by atoms with E-state index in [1.54, 1.807) is 0 Å². The zero-order valence-corrected chi connectivity index (χ0v) is 11.5. The Morgan fingerprint density at radius 2 is 2.00 bits per heavy atom. The van der Waals surface area contributed by atoms with Crippen molar-refractivity contribution in [3.05, 3.63) is 5.28 Å². The van der Waals surface area contributed by atoms with Crippen molar-refractivity contribution < 1.29 is 0 Å². The summed E-state index contributed by atoms with van der Waals surface area (Å²) in [6.45, 7) is 2.18. The second-order valence-electron chi connectivity index (χ2n) is 4.84. The molecule has 1 unspecified atom stereocenters. The summed E-state index contributed by atoms with van der Waals surface area (Å²) in [5, 5.41) is 3.50. The Morgan fingerprint density at radius 1 is 1.28 bits per heavy atom. The molecule has 1 heterocycles. The van der Waals surface area contributed by atoms with Crippen LogP contribution in [0.1, 0.15) is 45.4 Å². The van der Waals surface area contributed by atoms with Crippen molar-refractivity contribution >= 4 is 23.5 Å². The minimum Gasteiger partial charge on any atom is -0.368 e. The van der Waals surface area contributed by atoms with E-state index in [4.69, 9.17) is 17.3 Å². The molecule has 1 fully saturated rings. The van der Waals surface area contributed by atoms with Crippen molar-refractivity contribution in [3.63, 3.8) is 0 Å². The molecule has 18 heavy (non-hydrogen) atoms. The maximum Gasteiger partial charge on any atom is 0.229 e. The number of nitrogens with two attached hydrogens (primary N) is 1. The van der Waals surface area contributed by atoms with E-state index >= 15 is 0 Å². The van der Waals surface area contributed by atoms with E-state index in [-0.39, 0.29) is 11.2 Å². The summed E-state index contributed by atoms with van der Waals surface area (Å²) in [5.41, 5.74) is 5.57. The molecule has 1 aromatic heterocycles. The van der Waals surface area contributed by atoms with Gasteiger partial charge in [0.1, 0.15) is 0 Å². The van der Waals surface area contributed by atoms with Gasteiger partial charge in [0, 0.05) is 6.04 Å². The molecular formula is C12H20ClN5. The first-order chi connectivity index (χ1) is 8.69. The lowest BCUT2D eigenvalue weighted by Crippen LogP contribution is -2.31. The minimum atomic E-state index is 0.142. The minimum absolute atomic E-state index is 0.142. The second-order valence-corrected chi connectivity index (χ2v) is 5.18. The summed E-state index contributed by atoms with van der Waals surface area (Å²) in [5.74, 6) is 1.35. The summed E-state index contributed by atoms with van der Waals surface area (Å²) in [4.78, 5) is 11.9. The van der Waals surface area contributed by atoms with Crippen molar-refractivity contribution in [1.82, 2.24) is 15.0 Å². The Bertz CT molecular complexity index is 372. The normalized spacial score (nSPS) is 18.6. The molecule has 0 spiro atoms. The molecule has 0 radical (unpaired) electrons. The maximum atomic E-state index is 5.78. The van der Waals surface area contributed by atoms with Crippen LogP contribution in [-0.2, 0) is 0 Å². The molecule has 6 heteroatoms. The number of halogens is 1. The Balaban J connectivity index is 2.04. The Kier molecular flexibility index (Phi) is 4.58. The first kappa shape index (κ1) is 13.3. The van der Waals surface area contributed by atoms with Gasteiger partial charge in [0.15, 0.2) is 0 Å². The van der Waals surface area contributed by atoms with Crippen LogP contribution in [0.3, 0.4) is 0 Å². The lowest BCUT2D eigenvalue weighted by molar-refractivity contribution is 0.312. The largest absolute Gasteiger partial charge is 0.368 e. The molecule has 1 aliphatic carbocycles. The van der Waals surface area contributed by atoms with Gasteiger partial charge < -0.3 is 11.1 Å². The monoisotopic (exact) mass is 269 g/mol. The molecule has 3 N–H and O–H groups in total. The van der Waals surface area contributed by atoms with Crippen molar-refractivity contribution in [1.29, 1.82) is 0 Å². The Labute approximate surface area is 113 Å². The van der Waals surface area contributed by atoms with E-state index in [0.29, 0.717) is 17.9 Å². The van der Waals surface area contributed by atoms with Gasteiger partial charge >= 0.3 is 0 Å². The van der Waals surface area contributed by atoms with Gasteiger partial charge in [-0.1, -0.05) is 26.2 Å². The van der Waals surface area contributed by atoms with Crippen molar-refractivity contribution in [2.75, 3.05) is 11.1 Å². The molecule has 0 aromatic carbocycles. The van der Waals surface area contributed by atoms with Crippen LogP contribution in [0, 0.1) is 5.92 Å². The molecule has 1 aliphatic rings. The Morgan fingerprint density at radius 3 is 2.61 bits per heavy atom. The van der Waals surface area contributed by atoms with Crippen molar-refractivity contribution in [2.45, 2.75) is 51.5 Å². The zero-order chi connectivity index (χ0) is 13.0. The first-order valence-electron chi connectivity index (χ1n) is 6.62. The van der Waals surface area contributed by atoms with E-state index < -0.39 is 0 Å². The summed E-state index contributed by atoms with van der Waals surface area (Å²) >= 11 is 5.78. The van der Waals surface area contributed by atoms with Crippen LogP contribution >= 0.6 is 11.6 Å². The first-order valence-corrected chi connectivity index (χ1v) is 7.00. The number of anilines is 2. The lowest BCUT2D eigenvalue weighted by Gasteiger charge is -2.30. The predicted octanol–water partition coefficient (Wildman–Crippen LogP) is 2.88. The summed E-state index contributed by atoms with van der Waals surface area (Å²) in [6, 6.07) is 0.392. The van der Waals surface area contributed by atoms with E-state index in [1.165, 1.54) is 32.1 Å². The lowest BCUT2D eigenvalue weighted by atomic mass is 9.83. The molecule has 1 saturated carbocycles. The van der Waals surface area contributed by atoms with Crippen molar-refractivity contribution in [2.24, 2.45) is 5.92 Å². The zero-order valence-electron chi connectivity index (χ0n) is 10.7. The highest BCUT2D eigenvalue weighted by atomic mass is 35.5. The third-order valence-corrected chi connectivity index (χ3v) is 3.77. The highest BCUT2D eigenvalue weighted by molar-refractivity contribution is 6.28. The number of nitrogen functional groups attached to an aromatic ring is 1. The van der Waals surface area contributed by atoms with Crippen molar-refractivity contribution in [3.8, 4) is 0 Å². The van der Waals surface area contributed by atoms with Crippen LogP contribution in [0.2, 0.25) is 5.28 Å². The van der Waals surface area contributed by atoms with E-state index in [2.05, 4.69) is 27.2 Å². The summed E-state index contributed by atoms with van der Waals surface area (Å²) in [6.07, 6.45) is 7.61. The van der Waals surface area contributed by atoms with Crippen LogP contribution in [-0.4, -0.2) is 21.0 Å². The van der Waals surface area contributed by atoms with E-state index in [9.17, 15) is 0 Å². The standard InChI is InChI=1S/C12H20ClN5/c1-2-9(8-6-4-3-5-7-8)15-12-17-10(13)16-11(14)18-12/h8-9H,2-7H2,1H3,(H3,14,15,16,17,18). The third-order valence-electron chi connectivity index (χ3n) is 3.60. The maximum absolute atomic E-state index is 5.78. The fraction of sp³-hybridized carbons (Fsp3) is 0.750. The highest BCUT2D eigenvalue weighted by Crippen LogP contribution is 2.29. The molecule has 5 nitrogen and oxygen atoms in total. The second kappa shape index (κ2) is 6.18. The van der Waals surface area contributed by atoms with Gasteiger partial charge in [-0.15, -0.1) is 0 Å². The molecule has 1 aromatic rings. The number of rotatable bonds is 4. The number of nitrogens with zero attached hydrogens (tertiary/aromatic N) is 3. The molecule has 0 bridgehead atoms. The number of hydrogen-bond donors (Lipinski definition) is 2. The van der Waals surface area contributed by atoms with Gasteiger partial charge in [0.05, 0.1) is 0 Å². The quantitative estimate of drug-likeness (QED) is 0.879. The number of hydrogen-bond acceptors (Lipinski definition) is 5. The van der Waals surface area contributed by atoms with Gasteiger partial charge in [-0.25, -0.2) is 0 Å². The third kappa shape index (κ3) is 3.45. The number of aromatic nitrogens is 3. The molecule has 100 valence electrons. The smallest absolute Gasteiger partial charge is 0.229 e. The molecule has 2 rings (SSSR count). The van der Waals surface area contributed by atoms with Crippen LogP contribution in [0.25, 0.3) is 0 Å². The highest BCUT2D eigenvalue weighted by Gasteiger charge is 2.23. The Hall–Kier alpha value is -1.10. The van der Waals surface area contributed by atoms with E-state index in [0.717, 1.165) is 6.42 Å².